The van der Waals surface area contributed by atoms with Gasteiger partial charge in [-0.1, -0.05) is 20.8 Å². The minimum atomic E-state index is 0. The largest absolute Gasteiger partial charge is 0.412 e. The highest BCUT2D eigenvalue weighted by molar-refractivity contribution is 4.53. The minimum Gasteiger partial charge on any atom is -0.412 e. The highest BCUT2D eigenvalue weighted by Crippen LogP contribution is 1.94. The van der Waals surface area contributed by atoms with E-state index >= 15 is 0 Å². The summed E-state index contributed by atoms with van der Waals surface area (Å²) in [5.41, 5.74) is 0. The molecule has 0 aromatic heterocycles. The van der Waals surface area contributed by atoms with Crippen molar-refractivity contribution in [3.8, 4) is 0 Å². The summed E-state index contributed by atoms with van der Waals surface area (Å²) in [4.78, 5) is 2.54. The van der Waals surface area contributed by atoms with Crippen molar-refractivity contribution in [3.05, 3.63) is 0 Å². The van der Waals surface area contributed by atoms with Crippen molar-refractivity contribution in [1.82, 2.24) is 4.90 Å². The molecule has 0 bridgehead atoms. The van der Waals surface area contributed by atoms with Crippen LogP contribution in [0.2, 0.25) is 0 Å². The first-order valence-corrected chi connectivity index (χ1v) is 4.57. The average molecular weight is 161 g/mol. The lowest BCUT2D eigenvalue weighted by Gasteiger charge is -2.19. The summed E-state index contributed by atoms with van der Waals surface area (Å²) in [6.45, 7) is 10.6. The summed E-state index contributed by atoms with van der Waals surface area (Å²) in [7, 11) is 0. The number of nitrogens with zero attached hydrogens (tertiary/aromatic N) is 1. The molecule has 0 aliphatic rings. The Morgan fingerprint density at radius 1 is 0.727 bits per heavy atom. The fourth-order valence-corrected chi connectivity index (χ4v) is 1.28. The summed E-state index contributed by atoms with van der Waals surface area (Å²) in [6, 6.07) is 0. The number of rotatable bonds is 6. The second-order valence-corrected chi connectivity index (χ2v) is 2.84. The van der Waals surface area contributed by atoms with Gasteiger partial charge >= 0.3 is 0 Å². The predicted octanol–water partition coefficient (Wildman–Crippen LogP) is 1.69. The van der Waals surface area contributed by atoms with Gasteiger partial charge in [-0.15, -0.1) is 0 Å². The van der Waals surface area contributed by atoms with Crippen LogP contribution < -0.4 is 0 Å². The van der Waals surface area contributed by atoms with Gasteiger partial charge < -0.3 is 10.4 Å². The SMILES string of the molecule is CCCN(CCC)CCC.O. The molecule has 0 aliphatic carbocycles. The molecule has 11 heavy (non-hydrogen) atoms. The Kier molecular flexibility index (Phi) is 12.2. The lowest BCUT2D eigenvalue weighted by molar-refractivity contribution is 0.275. The van der Waals surface area contributed by atoms with Crippen molar-refractivity contribution in [3.63, 3.8) is 0 Å². The Balaban J connectivity index is 0. The third kappa shape index (κ3) is 7.82. The molecule has 2 nitrogen and oxygen atoms in total. The molecule has 0 amide bonds. The van der Waals surface area contributed by atoms with Crippen LogP contribution in [0.25, 0.3) is 0 Å². The number of hydrogen-bond acceptors (Lipinski definition) is 1. The molecule has 0 spiro atoms. The van der Waals surface area contributed by atoms with Crippen molar-refractivity contribution in [1.29, 1.82) is 0 Å². The lowest BCUT2D eigenvalue weighted by atomic mass is 10.3. The van der Waals surface area contributed by atoms with E-state index in [9.17, 15) is 0 Å². The van der Waals surface area contributed by atoms with E-state index in [0.717, 1.165) is 0 Å². The van der Waals surface area contributed by atoms with Gasteiger partial charge in [0.15, 0.2) is 0 Å². The van der Waals surface area contributed by atoms with Crippen LogP contribution in [0.5, 0.6) is 0 Å². The van der Waals surface area contributed by atoms with Gasteiger partial charge in [0, 0.05) is 0 Å². The molecule has 0 unspecified atom stereocenters. The van der Waals surface area contributed by atoms with Crippen LogP contribution in [-0.4, -0.2) is 30.0 Å². The molecule has 0 radical (unpaired) electrons. The quantitative estimate of drug-likeness (QED) is 0.584. The third-order valence-electron chi connectivity index (χ3n) is 1.62. The van der Waals surface area contributed by atoms with E-state index in [2.05, 4.69) is 25.7 Å². The summed E-state index contributed by atoms with van der Waals surface area (Å²) in [5, 5.41) is 0. The van der Waals surface area contributed by atoms with Crippen LogP contribution in [-0.2, 0) is 0 Å². The molecule has 0 heterocycles. The Bertz CT molecular complexity index is 52.3. The first-order chi connectivity index (χ1) is 4.85. The van der Waals surface area contributed by atoms with E-state index in [1.165, 1.54) is 38.9 Å². The zero-order chi connectivity index (χ0) is 7.82. The van der Waals surface area contributed by atoms with Crippen molar-refractivity contribution in [2.45, 2.75) is 40.0 Å². The van der Waals surface area contributed by atoms with Crippen molar-refractivity contribution >= 4 is 0 Å². The second kappa shape index (κ2) is 9.92. The summed E-state index contributed by atoms with van der Waals surface area (Å²) in [6.07, 6.45) is 3.88. The standard InChI is InChI=1S/C9H21N.H2O/c1-4-7-10(8-5-2)9-6-3;/h4-9H2,1-3H3;1H2. The molecular weight excluding hydrogens is 138 g/mol. The molecule has 2 N–H and O–H groups in total. The lowest BCUT2D eigenvalue weighted by Crippen LogP contribution is -2.25. The van der Waals surface area contributed by atoms with Crippen molar-refractivity contribution < 1.29 is 5.48 Å². The monoisotopic (exact) mass is 161 g/mol. The molecule has 0 aromatic rings. The molecule has 0 fully saturated rings. The van der Waals surface area contributed by atoms with Crippen LogP contribution in [0.3, 0.4) is 0 Å². The third-order valence-corrected chi connectivity index (χ3v) is 1.62. The van der Waals surface area contributed by atoms with Crippen LogP contribution in [0, 0.1) is 0 Å². The highest BCUT2D eigenvalue weighted by Gasteiger charge is 1.98. The van der Waals surface area contributed by atoms with E-state index in [4.69, 9.17) is 0 Å². The van der Waals surface area contributed by atoms with E-state index in [1.807, 2.05) is 0 Å². The average Bonchev–Trinajstić information content (AvgIpc) is 1.90. The van der Waals surface area contributed by atoms with Crippen LogP contribution >= 0.6 is 0 Å². The van der Waals surface area contributed by atoms with Crippen LogP contribution in [0.15, 0.2) is 0 Å². The highest BCUT2D eigenvalue weighted by atomic mass is 16.0. The predicted molar refractivity (Wildman–Crippen MR) is 50.9 cm³/mol. The Labute approximate surface area is 70.9 Å². The molecule has 70 valence electrons. The molecule has 0 aliphatic heterocycles. The van der Waals surface area contributed by atoms with Gasteiger partial charge in [-0.05, 0) is 38.9 Å². The topological polar surface area (TPSA) is 34.7 Å². The smallest absolute Gasteiger partial charge is 0.00214 e. The van der Waals surface area contributed by atoms with Gasteiger partial charge in [-0.2, -0.15) is 0 Å². The first-order valence-electron chi connectivity index (χ1n) is 4.57. The summed E-state index contributed by atoms with van der Waals surface area (Å²) < 4.78 is 0. The molecule has 0 saturated heterocycles. The molecule has 0 atom stereocenters. The maximum absolute atomic E-state index is 2.54. The van der Waals surface area contributed by atoms with Crippen LogP contribution in [0.4, 0.5) is 0 Å². The van der Waals surface area contributed by atoms with Gasteiger partial charge in [-0.25, -0.2) is 0 Å². The molecule has 0 aromatic carbocycles. The number of hydrogen-bond donors (Lipinski definition) is 0. The van der Waals surface area contributed by atoms with E-state index < -0.39 is 0 Å². The molecule has 0 rings (SSSR count). The van der Waals surface area contributed by atoms with Crippen molar-refractivity contribution in [2.75, 3.05) is 19.6 Å². The fraction of sp³-hybridized carbons (Fsp3) is 1.00. The van der Waals surface area contributed by atoms with Crippen molar-refractivity contribution in [2.24, 2.45) is 0 Å². The van der Waals surface area contributed by atoms with Gasteiger partial charge in [0.2, 0.25) is 0 Å². The Morgan fingerprint density at radius 2 is 1.00 bits per heavy atom. The van der Waals surface area contributed by atoms with Gasteiger partial charge in [0.25, 0.3) is 0 Å². The fourth-order valence-electron chi connectivity index (χ4n) is 1.28. The Morgan fingerprint density at radius 3 is 1.18 bits per heavy atom. The summed E-state index contributed by atoms with van der Waals surface area (Å²) in [5.74, 6) is 0. The van der Waals surface area contributed by atoms with Gasteiger partial charge in [0.1, 0.15) is 0 Å². The summed E-state index contributed by atoms with van der Waals surface area (Å²) >= 11 is 0. The maximum Gasteiger partial charge on any atom is -0.00214 e. The van der Waals surface area contributed by atoms with Gasteiger partial charge in [0.05, 0.1) is 0 Å². The van der Waals surface area contributed by atoms with E-state index in [1.54, 1.807) is 0 Å². The van der Waals surface area contributed by atoms with Gasteiger partial charge in [-0.3, -0.25) is 0 Å². The first kappa shape index (κ1) is 13.5. The zero-order valence-electron chi connectivity index (χ0n) is 8.19. The second-order valence-electron chi connectivity index (χ2n) is 2.84. The Hall–Kier alpha value is -0.0800. The van der Waals surface area contributed by atoms with E-state index in [-0.39, 0.29) is 5.48 Å². The molecule has 0 saturated carbocycles. The van der Waals surface area contributed by atoms with Crippen LogP contribution in [0.1, 0.15) is 40.0 Å². The normalized spacial score (nSPS) is 9.82. The van der Waals surface area contributed by atoms with E-state index in [0.29, 0.717) is 0 Å². The molecular formula is C9H23NO. The maximum atomic E-state index is 2.54. The molecule has 2 heteroatoms. The zero-order valence-corrected chi connectivity index (χ0v) is 8.19. The minimum absolute atomic E-state index is 0.